The Hall–Kier alpha value is -3.18. The predicted molar refractivity (Wildman–Crippen MR) is 102 cm³/mol. The third-order valence-electron chi connectivity index (χ3n) is 4.12. The van der Waals surface area contributed by atoms with Gasteiger partial charge in [0.05, 0.1) is 5.56 Å². The fraction of sp³-hybridized carbons (Fsp3) is 0.143. The topological polar surface area (TPSA) is 74.2 Å². The summed E-state index contributed by atoms with van der Waals surface area (Å²) in [5.74, 6) is 0.0892. The zero-order valence-electron chi connectivity index (χ0n) is 14.5. The molecule has 0 aliphatic rings. The normalized spacial score (nSPS) is 11.7. The van der Waals surface area contributed by atoms with Crippen LogP contribution in [0.15, 0.2) is 73.1 Å². The fourth-order valence-corrected chi connectivity index (χ4v) is 2.59. The summed E-state index contributed by atoms with van der Waals surface area (Å²) in [7, 11) is 0. The molecule has 5 nitrogen and oxygen atoms in total. The number of nitrogens with zero attached hydrogens (tertiary/aromatic N) is 1. The highest BCUT2D eigenvalue weighted by molar-refractivity contribution is 6.03. The summed E-state index contributed by atoms with van der Waals surface area (Å²) >= 11 is 0. The number of hydrogen-bond acceptors (Lipinski definition) is 4. The van der Waals surface area contributed by atoms with Gasteiger partial charge in [0.2, 0.25) is 0 Å². The Kier molecular flexibility index (Phi) is 5.61. The van der Waals surface area contributed by atoms with Crippen molar-refractivity contribution < 1.29 is 9.90 Å². The summed E-state index contributed by atoms with van der Waals surface area (Å²) in [4.78, 5) is 16.1. The van der Waals surface area contributed by atoms with Gasteiger partial charge in [-0.2, -0.15) is 0 Å². The Morgan fingerprint density at radius 1 is 1.12 bits per heavy atom. The number of benzene rings is 2. The summed E-state index contributed by atoms with van der Waals surface area (Å²) in [6, 6.07) is 18.5. The molecule has 0 radical (unpaired) electrons. The molecule has 0 aliphatic carbocycles. The van der Waals surface area contributed by atoms with Crippen molar-refractivity contribution >= 4 is 11.6 Å². The lowest BCUT2D eigenvalue weighted by atomic mass is 10.1. The molecule has 3 N–H and O–H groups in total. The van der Waals surface area contributed by atoms with E-state index in [9.17, 15) is 9.90 Å². The number of aromatic hydroxyl groups is 1. The third-order valence-corrected chi connectivity index (χ3v) is 4.12. The zero-order chi connectivity index (χ0) is 18.4. The van der Waals surface area contributed by atoms with Crippen molar-refractivity contribution in [2.24, 2.45) is 0 Å². The van der Waals surface area contributed by atoms with Gasteiger partial charge in [-0.1, -0.05) is 24.3 Å². The molecule has 1 amide bonds. The van der Waals surface area contributed by atoms with E-state index < -0.39 is 0 Å². The number of hydrogen-bond donors (Lipinski definition) is 3. The Labute approximate surface area is 152 Å². The molecule has 3 rings (SSSR count). The van der Waals surface area contributed by atoms with Crippen molar-refractivity contribution in [2.75, 3.05) is 5.32 Å². The van der Waals surface area contributed by atoms with Gasteiger partial charge in [0, 0.05) is 30.7 Å². The maximum atomic E-state index is 12.1. The average molecular weight is 347 g/mol. The fourth-order valence-electron chi connectivity index (χ4n) is 2.59. The van der Waals surface area contributed by atoms with E-state index in [1.165, 1.54) is 6.20 Å². The van der Waals surface area contributed by atoms with E-state index in [-0.39, 0.29) is 17.7 Å². The Morgan fingerprint density at radius 3 is 2.62 bits per heavy atom. The van der Waals surface area contributed by atoms with E-state index in [2.05, 4.69) is 22.5 Å². The van der Waals surface area contributed by atoms with Gasteiger partial charge < -0.3 is 15.7 Å². The Morgan fingerprint density at radius 2 is 1.92 bits per heavy atom. The monoisotopic (exact) mass is 347 g/mol. The van der Waals surface area contributed by atoms with Gasteiger partial charge >= 0.3 is 0 Å². The van der Waals surface area contributed by atoms with Crippen LogP contribution in [0.2, 0.25) is 0 Å². The molecule has 0 aliphatic heterocycles. The van der Waals surface area contributed by atoms with Crippen LogP contribution >= 0.6 is 0 Å². The number of phenolic OH excluding ortho intramolecular Hbond substituents is 1. The minimum atomic E-state index is -0.179. The van der Waals surface area contributed by atoms with Gasteiger partial charge in [-0.15, -0.1) is 0 Å². The molecule has 0 saturated carbocycles. The molecule has 3 aromatic rings. The molecule has 0 unspecified atom stereocenters. The molecule has 0 saturated heterocycles. The second kappa shape index (κ2) is 8.27. The van der Waals surface area contributed by atoms with Gasteiger partial charge in [0.1, 0.15) is 5.75 Å². The van der Waals surface area contributed by atoms with Crippen molar-refractivity contribution in [3.8, 4) is 5.75 Å². The summed E-state index contributed by atoms with van der Waals surface area (Å²) in [6.07, 6.45) is 3.17. The van der Waals surface area contributed by atoms with Crippen LogP contribution in [0.3, 0.4) is 0 Å². The molecule has 1 aromatic heterocycles. The van der Waals surface area contributed by atoms with Crippen molar-refractivity contribution in [3.63, 3.8) is 0 Å². The van der Waals surface area contributed by atoms with E-state index in [4.69, 9.17) is 0 Å². The van der Waals surface area contributed by atoms with Crippen LogP contribution in [0.4, 0.5) is 5.69 Å². The van der Waals surface area contributed by atoms with Gasteiger partial charge in [-0.25, -0.2) is 0 Å². The number of carbonyl (C=O) groups is 1. The SMILES string of the molecule is C[C@@H](NCc1ccc(NC(=O)c2cccnc2)cc1)c1cccc(O)c1. The highest BCUT2D eigenvalue weighted by Crippen LogP contribution is 2.18. The number of pyridine rings is 1. The minimum absolute atomic E-state index is 0.118. The first-order valence-electron chi connectivity index (χ1n) is 8.44. The number of amides is 1. The summed E-state index contributed by atoms with van der Waals surface area (Å²) < 4.78 is 0. The minimum Gasteiger partial charge on any atom is -0.508 e. The lowest BCUT2D eigenvalue weighted by Crippen LogP contribution is -2.18. The second-order valence-corrected chi connectivity index (χ2v) is 6.09. The summed E-state index contributed by atoms with van der Waals surface area (Å²) in [5, 5.41) is 15.8. The van der Waals surface area contributed by atoms with E-state index in [1.807, 2.05) is 36.4 Å². The van der Waals surface area contributed by atoms with Crippen LogP contribution < -0.4 is 10.6 Å². The standard InChI is InChI=1S/C21H21N3O2/c1-15(17-4-2-6-20(25)12-17)23-13-16-7-9-19(10-8-16)24-21(26)18-5-3-11-22-14-18/h2-12,14-15,23,25H,13H2,1H3,(H,24,26)/t15-/m1/s1. The quantitative estimate of drug-likeness (QED) is 0.632. The first kappa shape index (κ1) is 17.6. The zero-order valence-corrected chi connectivity index (χ0v) is 14.5. The van der Waals surface area contributed by atoms with Crippen LogP contribution in [0, 0.1) is 0 Å². The van der Waals surface area contributed by atoms with Crippen LogP contribution in [0.5, 0.6) is 5.75 Å². The van der Waals surface area contributed by atoms with Crippen LogP contribution in [0.25, 0.3) is 0 Å². The third kappa shape index (κ3) is 4.68. The Bertz CT molecular complexity index is 864. The van der Waals surface area contributed by atoms with Crippen LogP contribution in [-0.2, 0) is 6.54 Å². The van der Waals surface area contributed by atoms with E-state index in [0.29, 0.717) is 12.1 Å². The van der Waals surface area contributed by atoms with Gasteiger partial charge in [0.15, 0.2) is 0 Å². The first-order chi connectivity index (χ1) is 12.6. The average Bonchev–Trinajstić information content (AvgIpc) is 2.68. The number of phenols is 1. The number of carbonyl (C=O) groups excluding carboxylic acids is 1. The van der Waals surface area contributed by atoms with Crippen LogP contribution in [-0.4, -0.2) is 16.0 Å². The highest BCUT2D eigenvalue weighted by atomic mass is 16.3. The molecule has 132 valence electrons. The first-order valence-corrected chi connectivity index (χ1v) is 8.44. The molecule has 5 heteroatoms. The molecular formula is C21H21N3O2. The second-order valence-electron chi connectivity index (χ2n) is 6.09. The molecule has 1 atom stereocenters. The molecule has 0 bridgehead atoms. The number of nitrogens with one attached hydrogen (secondary N) is 2. The van der Waals surface area contributed by atoms with Crippen molar-refractivity contribution in [3.05, 3.63) is 89.7 Å². The van der Waals surface area contributed by atoms with E-state index in [1.54, 1.807) is 30.5 Å². The smallest absolute Gasteiger partial charge is 0.257 e. The van der Waals surface area contributed by atoms with E-state index >= 15 is 0 Å². The van der Waals surface area contributed by atoms with E-state index in [0.717, 1.165) is 16.8 Å². The van der Waals surface area contributed by atoms with Gasteiger partial charge in [0.25, 0.3) is 5.91 Å². The number of aromatic nitrogens is 1. The van der Waals surface area contributed by atoms with Crippen molar-refractivity contribution in [1.82, 2.24) is 10.3 Å². The summed E-state index contributed by atoms with van der Waals surface area (Å²) in [6.45, 7) is 2.74. The summed E-state index contributed by atoms with van der Waals surface area (Å²) in [5.41, 5.74) is 3.41. The van der Waals surface area contributed by atoms with Gasteiger partial charge in [-0.05, 0) is 54.4 Å². The number of rotatable bonds is 6. The van der Waals surface area contributed by atoms with Crippen molar-refractivity contribution in [1.29, 1.82) is 0 Å². The maximum Gasteiger partial charge on any atom is 0.257 e. The lowest BCUT2D eigenvalue weighted by Gasteiger charge is -2.15. The Balaban J connectivity index is 1.55. The largest absolute Gasteiger partial charge is 0.508 e. The lowest BCUT2D eigenvalue weighted by molar-refractivity contribution is 0.102. The molecule has 1 heterocycles. The highest BCUT2D eigenvalue weighted by Gasteiger charge is 2.07. The van der Waals surface area contributed by atoms with Crippen molar-refractivity contribution in [2.45, 2.75) is 19.5 Å². The maximum absolute atomic E-state index is 12.1. The molecule has 26 heavy (non-hydrogen) atoms. The predicted octanol–water partition coefficient (Wildman–Crippen LogP) is 3.89. The molecular weight excluding hydrogens is 326 g/mol. The molecule has 2 aromatic carbocycles. The number of anilines is 1. The molecule has 0 spiro atoms. The van der Waals surface area contributed by atoms with Gasteiger partial charge in [-0.3, -0.25) is 9.78 Å². The molecule has 0 fully saturated rings. The van der Waals surface area contributed by atoms with Crippen LogP contribution in [0.1, 0.15) is 34.5 Å².